The van der Waals surface area contributed by atoms with E-state index in [1.807, 2.05) is 6.92 Å². The smallest absolute Gasteiger partial charge is 0.264 e. The Kier molecular flexibility index (Phi) is 4.42. The maximum absolute atomic E-state index is 11.3. The summed E-state index contributed by atoms with van der Waals surface area (Å²) in [6, 6.07) is 0. The molecule has 1 rings (SSSR count). The van der Waals surface area contributed by atoms with Gasteiger partial charge in [-0.3, -0.25) is 4.18 Å². The molecule has 1 aliphatic carbocycles. The molecule has 3 atom stereocenters. The van der Waals surface area contributed by atoms with Crippen LogP contribution < -0.4 is 0 Å². The van der Waals surface area contributed by atoms with Gasteiger partial charge in [0.25, 0.3) is 10.1 Å². The van der Waals surface area contributed by atoms with Crippen LogP contribution in [0.1, 0.15) is 33.1 Å². The highest BCUT2D eigenvalue weighted by atomic mass is 32.2. The summed E-state index contributed by atoms with van der Waals surface area (Å²) in [6.45, 7) is 7.54. The van der Waals surface area contributed by atoms with Crippen molar-refractivity contribution in [1.29, 1.82) is 0 Å². The van der Waals surface area contributed by atoms with Crippen molar-refractivity contribution in [3.8, 4) is 0 Å². The lowest BCUT2D eigenvalue weighted by Gasteiger charge is -2.40. The Hall–Kier alpha value is -1.04. The van der Waals surface area contributed by atoms with Crippen LogP contribution in [0, 0.1) is 5.92 Å². The fourth-order valence-corrected chi connectivity index (χ4v) is 2.98. The van der Waals surface area contributed by atoms with E-state index in [1.165, 1.54) is 0 Å². The highest BCUT2D eigenvalue weighted by Crippen LogP contribution is 2.40. The topological polar surface area (TPSA) is 92.1 Å². The second kappa shape index (κ2) is 5.30. The van der Waals surface area contributed by atoms with Crippen LogP contribution in [0.15, 0.2) is 17.3 Å². The molecule has 102 valence electrons. The zero-order chi connectivity index (χ0) is 14.0. The average molecular weight is 273 g/mol. The number of hydrogen-bond acceptors (Lipinski definition) is 4. The summed E-state index contributed by atoms with van der Waals surface area (Å²) in [5, 5.41) is 3.74. The van der Waals surface area contributed by atoms with Gasteiger partial charge in [-0.05, 0) is 37.6 Å². The van der Waals surface area contributed by atoms with Gasteiger partial charge in [0.15, 0.2) is 0 Å². The van der Waals surface area contributed by atoms with Crippen LogP contribution in [0.4, 0.5) is 0 Å². The first kappa shape index (κ1) is 15.0. The minimum Gasteiger partial charge on any atom is -0.266 e. The van der Waals surface area contributed by atoms with E-state index < -0.39 is 21.8 Å². The molecule has 0 aromatic carbocycles. The van der Waals surface area contributed by atoms with E-state index in [-0.39, 0.29) is 5.92 Å². The highest BCUT2D eigenvalue weighted by molar-refractivity contribution is 7.86. The van der Waals surface area contributed by atoms with Crippen LogP contribution in [-0.4, -0.2) is 26.3 Å². The highest BCUT2D eigenvalue weighted by Gasteiger charge is 2.42. The molecule has 18 heavy (non-hydrogen) atoms. The van der Waals surface area contributed by atoms with Crippen molar-refractivity contribution in [2.45, 2.75) is 44.8 Å². The number of azide groups is 1. The third kappa shape index (κ3) is 3.73. The van der Waals surface area contributed by atoms with Gasteiger partial charge in [-0.15, -0.1) is 0 Å². The summed E-state index contributed by atoms with van der Waals surface area (Å²) >= 11 is 0. The van der Waals surface area contributed by atoms with E-state index in [9.17, 15) is 8.42 Å². The lowest BCUT2D eigenvalue weighted by Crippen LogP contribution is -2.45. The molecule has 0 heterocycles. The first-order chi connectivity index (χ1) is 8.18. The van der Waals surface area contributed by atoms with E-state index in [0.717, 1.165) is 18.2 Å². The molecule has 0 unspecified atom stereocenters. The first-order valence-electron chi connectivity index (χ1n) is 5.78. The van der Waals surface area contributed by atoms with Crippen molar-refractivity contribution < 1.29 is 12.6 Å². The van der Waals surface area contributed by atoms with Gasteiger partial charge in [0.2, 0.25) is 0 Å². The lowest BCUT2D eigenvalue weighted by molar-refractivity contribution is 0.0677. The fourth-order valence-electron chi connectivity index (χ4n) is 2.28. The van der Waals surface area contributed by atoms with Gasteiger partial charge in [-0.2, -0.15) is 8.42 Å². The lowest BCUT2D eigenvalue weighted by atomic mass is 9.74. The number of hydrogen-bond donors (Lipinski definition) is 0. The van der Waals surface area contributed by atoms with Crippen molar-refractivity contribution in [1.82, 2.24) is 0 Å². The Morgan fingerprint density at radius 2 is 2.22 bits per heavy atom. The molecule has 0 aliphatic heterocycles. The van der Waals surface area contributed by atoms with E-state index in [0.29, 0.717) is 12.8 Å². The Bertz CT molecular complexity index is 482. The zero-order valence-electron chi connectivity index (χ0n) is 11.0. The second-order valence-corrected chi connectivity index (χ2v) is 6.75. The molecule has 7 heteroatoms. The summed E-state index contributed by atoms with van der Waals surface area (Å²) in [7, 11) is -3.58. The molecule has 6 nitrogen and oxygen atoms in total. The number of allylic oxidation sites excluding steroid dienone is 1. The summed E-state index contributed by atoms with van der Waals surface area (Å²) in [6.07, 6.45) is 2.31. The summed E-state index contributed by atoms with van der Waals surface area (Å²) in [5.41, 5.74) is 8.80. The van der Waals surface area contributed by atoms with E-state index in [2.05, 4.69) is 16.6 Å². The van der Waals surface area contributed by atoms with Crippen LogP contribution in [-0.2, 0) is 14.3 Å². The number of nitrogens with zero attached hydrogens (tertiary/aromatic N) is 3. The third-order valence-corrected chi connectivity index (χ3v) is 4.03. The largest absolute Gasteiger partial charge is 0.266 e. The Morgan fingerprint density at radius 3 is 2.67 bits per heavy atom. The van der Waals surface area contributed by atoms with Crippen molar-refractivity contribution in [3.63, 3.8) is 0 Å². The van der Waals surface area contributed by atoms with Gasteiger partial charge < -0.3 is 0 Å². The average Bonchev–Trinajstić information content (AvgIpc) is 2.19. The van der Waals surface area contributed by atoms with Gasteiger partial charge in [0.1, 0.15) is 0 Å². The van der Waals surface area contributed by atoms with Gasteiger partial charge in [0.05, 0.1) is 17.9 Å². The molecule has 0 aromatic rings. The molecular formula is C11H19N3O3S. The van der Waals surface area contributed by atoms with E-state index in [4.69, 9.17) is 9.71 Å². The molecule has 0 amide bonds. The van der Waals surface area contributed by atoms with Crippen LogP contribution >= 0.6 is 0 Å². The molecule has 0 spiro atoms. The molecular weight excluding hydrogens is 254 g/mol. The minimum absolute atomic E-state index is 0.207. The van der Waals surface area contributed by atoms with Gasteiger partial charge in [-0.25, -0.2) is 0 Å². The first-order valence-corrected chi connectivity index (χ1v) is 7.59. The van der Waals surface area contributed by atoms with Crippen molar-refractivity contribution in [2.75, 3.05) is 6.26 Å². The molecule has 1 saturated carbocycles. The SMILES string of the molecule is C=C(C)[C@@H]1CC[C@@](C)(N=[N+]=[N-])[C@H](OS(C)(=O)=O)C1. The Morgan fingerprint density at radius 1 is 1.61 bits per heavy atom. The molecule has 1 fully saturated rings. The normalized spacial score (nSPS) is 32.6. The Labute approximate surface area is 108 Å². The Balaban J connectivity index is 3.00. The van der Waals surface area contributed by atoms with Crippen molar-refractivity contribution in [2.24, 2.45) is 11.0 Å². The standard InChI is InChI=1S/C11H19N3O3S/c1-8(2)9-5-6-11(3,13-14-12)10(7-9)17-18(4,15)16/h9-10H,1,5-7H2,2-4H3/t9-,10-,11-/m1/s1. The molecule has 0 saturated heterocycles. The van der Waals surface area contributed by atoms with Gasteiger partial charge in [0, 0.05) is 4.91 Å². The van der Waals surface area contributed by atoms with Gasteiger partial charge in [-0.1, -0.05) is 24.2 Å². The molecule has 0 bridgehead atoms. The minimum atomic E-state index is -3.58. The fraction of sp³-hybridized carbons (Fsp3) is 0.818. The predicted octanol–water partition coefficient (Wildman–Crippen LogP) is 2.78. The summed E-state index contributed by atoms with van der Waals surface area (Å²) in [5.74, 6) is 0.207. The number of rotatable bonds is 4. The molecule has 0 N–H and O–H groups in total. The predicted molar refractivity (Wildman–Crippen MR) is 69.4 cm³/mol. The van der Waals surface area contributed by atoms with Crippen molar-refractivity contribution in [3.05, 3.63) is 22.6 Å². The van der Waals surface area contributed by atoms with E-state index in [1.54, 1.807) is 6.92 Å². The van der Waals surface area contributed by atoms with E-state index >= 15 is 0 Å². The maximum Gasteiger partial charge on any atom is 0.264 e. The summed E-state index contributed by atoms with van der Waals surface area (Å²) < 4.78 is 27.7. The maximum atomic E-state index is 11.3. The van der Waals surface area contributed by atoms with Crippen LogP contribution in [0.3, 0.4) is 0 Å². The zero-order valence-corrected chi connectivity index (χ0v) is 11.8. The molecule has 0 radical (unpaired) electrons. The third-order valence-electron chi connectivity index (χ3n) is 3.45. The quantitative estimate of drug-likeness (QED) is 0.259. The van der Waals surface area contributed by atoms with Crippen LogP contribution in [0.5, 0.6) is 0 Å². The van der Waals surface area contributed by atoms with Crippen LogP contribution in [0.25, 0.3) is 10.4 Å². The van der Waals surface area contributed by atoms with Crippen molar-refractivity contribution >= 4 is 10.1 Å². The second-order valence-electron chi connectivity index (χ2n) is 5.15. The molecule has 1 aliphatic rings. The monoisotopic (exact) mass is 273 g/mol. The summed E-state index contributed by atoms with van der Waals surface area (Å²) in [4.78, 5) is 2.81. The molecule has 0 aromatic heterocycles. The van der Waals surface area contributed by atoms with Crippen LogP contribution in [0.2, 0.25) is 0 Å². The van der Waals surface area contributed by atoms with Gasteiger partial charge >= 0.3 is 0 Å².